The fourth-order valence-corrected chi connectivity index (χ4v) is 5.31. The molecule has 0 radical (unpaired) electrons. The highest BCUT2D eigenvalue weighted by Gasteiger charge is 2.21. The summed E-state index contributed by atoms with van der Waals surface area (Å²) in [7, 11) is -3.63. The number of aromatic nitrogens is 2. The zero-order chi connectivity index (χ0) is 22.6. The Hall–Kier alpha value is -2.11. The molecule has 1 aliphatic heterocycles. The zero-order valence-electron chi connectivity index (χ0n) is 17.2. The molecule has 2 aromatic carbocycles. The number of rotatable bonds is 8. The van der Waals surface area contributed by atoms with Crippen LogP contribution in [0.3, 0.4) is 0 Å². The maximum atomic E-state index is 13.0. The number of hydrogen-bond donors (Lipinski definition) is 1. The van der Waals surface area contributed by atoms with Gasteiger partial charge in [0.15, 0.2) is 0 Å². The van der Waals surface area contributed by atoms with E-state index in [2.05, 4.69) is 23.9 Å². The molecular formula is C21H23ClFN5O2S2. The minimum absolute atomic E-state index is 0.0643. The van der Waals surface area contributed by atoms with E-state index in [0.29, 0.717) is 24.5 Å². The lowest BCUT2D eigenvalue weighted by molar-refractivity contribution is 0.262. The molecule has 1 aromatic heterocycles. The van der Waals surface area contributed by atoms with Gasteiger partial charge in [-0.15, -0.1) is 0 Å². The SMILES string of the molecule is O=S(=O)(NCCN1CCN(c2nc(Cc3ccc(Cl)cc3)ns2)CC1)c1ccc(F)cc1. The predicted molar refractivity (Wildman–Crippen MR) is 124 cm³/mol. The Labute approximate surface area is 196 Å². The summed E-state index contributed by atoms with van der Waals surface area (Å²) in [5.74, 6) is 0.333. The van der Waals surface area contributed by atoms with Crippen molar-refractivity contribution in [3.8, 4) is 0 Å². The highest BCUT2D eigenvalue weighted by molar-refractivity contribution is 7.89. The van der Waals surface area contributed by atoms with E-state index in [1.54, 1.807) is 0 Å². The van der Waals surface area contributed by atoms with Crippen molar-refractivity contribution in [2.75, 3.05) is 44.2 Å². The van der Waals surface area contributed by atoms with Gasteiger partial charge in [-0.3, -0.25) is 4.90 Å². The molecule has 7 nitrogen and oxygen atoms in total. The average molecular weight is 496 g/mol. The largest absolute Gasteiger partial charge is 0.344 e. The Kier molecular flexibility index (Phi) is 7.37. The Morgan fingerprint density at radius 3 is 2.41 bits per heavy atom. The molecule has 3 aromatic rings. The first-order valence-electron chi connectivity index (χ1n) is 10.2. The van der Waals surface area contributed by atoms with E-state index in [1.807, 2.05) is 24.3 Å². The second-order valence-electron chi connectivity index (χ2n) is 7.48. The second kappa shape index (κ2) is 10.2. The Morgan fingerprint density at radius 1 is 1.03 bits per heavy atom. The summed E-state index contributed by atoms with van der Waals surface area (Å²) in [6, 6.07) is 12.5. The predicted octanol–water partition coefficient (Wildman–Crippen LogP) is 3.02. The van der Waals surface area contributed by atoms with Crippen LogP contribution in [-0.4, -0.2) is 61.9 Å². The molecule has 1 fully saturated rings. The first kappa shape index (κ1) is 23.1. The lowest BCUT2D eigenvalue weighted by atomic mass is 10.1. The number of anilines is 1. The fourth-order valence-electron chi connectivity index (χ4n) is 3.43. The summed E-state index contributed by atoms with van der Waals surface area (Å²) in [6.07, 6.45) is 0.668. The van der Waals surface area contributed by atoms with E-state index in [0.717, 1.165) is 54.8 Å². The summed E-state index contributed by atoms with van der Waals surface area (Å²) in [5, 5.41) is 1.62. The molecule has 0 amide bonds. The van der Waals surface area contributed by atoms with Gasteiger partial charge >= 0.3 is 0 Å². The van der Waals surface area contributed by atoms with Gasteiger partial charge in [0.05, 0.1) is 4.90 Å². The maximum absolute atomic E-state index is 13.0. The molecule has 32 heavy (non-hydrogen) atoms. The lowest BCUT2D eigenvalue weighted by Crippen LogP contribution is -2.48. The number of nitrogens with zero attached hydrogens (tertiary/aromatic N) is 4. The van der Waals surface area contributed by atoms with Crippen molar-refractivity contribution >= 4 is 38.3 Å². The molecule has 11 heteroatoms. The first-order chi connectivity index (χ1) is 15.4. The summed E-state index contributed by atoms with van der Waals surface area (Å²) >= 11 is 7.33. The third kappa shape index (κ3) is 6.02. The maximum Gasteiger partial charge on any atom is 0.240 e. The van der Waals surface area contributed by atoms with Crippen molar-refractivity contribution in [3.63, 3.8) is 0 Å². The molecule has 1 aliphatic rings. The molecule has 0 atom stereocenters. The molecule has 2 heterocycles. The molecule has 0 unspecified atom stereocenters. The molecule has 170 valence electrons. The van der Waals surface area contributed by atoms with Gasteiger partial charge in [-0.25, -0.2) is 22.5 Å². The second-order valence-corrected chi connectivity index (χ2v) is 10.4. The topological polar surface area (TPSA) is 78.4 Å². The minimum atomic E-state index is -3.63. The number of sulfonamides is 1. The lowest BCUT2D eigenvalue weighted by Gasteiger charge is -2.34. The van der Waals surface area contributed by atoms with Crippen molar-refractivity contribution < 1.29 is 12.8 Å². The first-order valence-corrected chi connectivity index (χ1v) is 12.8. The zero-order valence-corrected chi connectivity index (χ0v) is 19.6. The molecule has 1 N–H and O–H groups in total. The third-order valence-electron chi connectivity index (χ3n) is 5.22. The molecule has 0 spiro atoms. The Bertz CT molecular complexity index is 1130. The van der Waals surface area contributed by atoms with Gasteiger partial charge < -0.3 is 4.90 Å². The van der Waals surface area contributed by atoms with E-state index >= 15 is 0 Å². The van der Waals surface area contributed by atoms with Crippen LogP contribution in [0.25, 0.3) is 0 Å². The van der Waals surface area contributed by atoms with Gasteiger partial charge in [0.1, 0.15) is 11.6 Å². The molecule has 0 aliphatic carbocycles. The molecule has 0 bridgehead atoms. The van der Waals surface area contributed by atoms with Crippen LogP contribution in [0.2, 0.25) is 5.02 Å². The minimum Gasteiger partial charge on any atom is -0.344 e. The van der Waals surface area contributed by atoms with Gasteiger partial charge in [0, 0.05) is 62.2 Å². The van der Waals surface area contributed by atoms with Gasteiger partial charge in [-0.1, -0.05) is 23.7 Å². The highest BCUT2D eigenvalue weighted by Crippen LogP contribution is 2.21. The van der Waals surface area contributed by atoms with Crippen molar-refractivity contribution in [2.45, 2.75) is 11.3 Å². The Balaban J connectivity index is 1.23. The monoisotopic (exact) mass is 495 g/mol. The highest BCUT2D eigenvalue weighted by atomic mass is 35.5. The van der Waals surface area contributed by atoms with Crippen molar-refractivity contribution in [2.24, 2.45) is 0 Å². The van der Waals surface area contributed by atoms with Gasteiger partial charge in [0.2, 0.25) is 15.2 Å². The summed E-state index contributed by atoms with van der Waals surface area (Å²) in [6.45, 7) is 4.13. The van der Waals surface area contributed by atoms with Crippen LogP contribution in [0.1, 0.15) is 11.4 Å². The molecule has 0 saturated carbocycles. The van der Waals surface area contributed by atoms with E-state index in [1.165, 1.54) is 23.7 Å². The number of piperazine rings is 1. The van der Waals surface area contributed by atoms with E-state index in [-0.39, 0.29) is 4.90 Å². The van der Waals surface area contributed by atoms with Crippen LogP contribution in [0.4, 0.5) is 9.52 Å². The van der Waals surface area contributed by atoms with Crippen molar-refractivity contribution in [1.82, 2.24) is 19.0 Å². The normalized spacial score (nSPS) is 15.2. The van der Waals surface area contributed by atoms with Crippen LogP contribution in [0, 0.1) is 5.82 Å². The fraction of sp³-hybridized carbons (Fsp3) is 0.333. The van der Waals surface area contributed by atoms with Crippen LogP contribution in [0.5, 0.6) is 0 Å². The van der Waals surface area contributed by atoms with E-state index < -0.39 is 15.8 Å². The number of benzene rings is 2. The Morgan fingerprint density at radius 2 is 1.72 bits per heavy atom. The number of nitrogens with one attached hydrogen (secondary N) is 1. The molecular weight excluding hydrogens is 473 g/mol. The quantitative estimate of drug-likeness (QED) is 0.517. The van der Waals surface area contributed by atoms with Crippen LogP contribution in [-0.2, 0) is 16.4 Å². The summed E-state index contributed by atoms with van der Waals surface area (Å²) in [5.41, 5.74) is 1.12. The van der Waals surface area contributed by atoms with Crippen molar-refractivity contribution in [3.05, 3.63) is 70.8 Å². The van der Waals surface area contributed by atoms with Gasteiger partial charge in [0.25, 0.3) is 0 Å². The molecule has 4 rings (SSSR count). The summed E-state index contributed by atoms with van der Waals surface area (Å²) in [4.78, 5) is 9.16. The number of hydrogen-bond acceptors (Lipinski definition) is 7. The van der Waals surface area contributed by atoms with Crippen LogP contribution < -0.4 is 9.62 Å². The van der Waals surface area contributed by atoms with E-state index in [9.17, 15) is 12.8 Å². The standard InChI is InChI=1S/C21H23ClFN5O2S2/c22-17-3-1-16(2-4-17)15-20-25-21(31-26-20)28-13-11-27(12-14-28)10-9-24-32(29,30)19-7-5-18(23)6-8-19/h1-8,24H,9-15H2. The third-order valence-corrected chi connectivity index (χ3v) is 7.76. The van der Waals surface area contributed by atoms with Crippen LogP contribution in [0.15, 0.2) is 53.4 Å². The molecule has 1 saturated heterocycles. The van der Waals surface area contributed by atoms with Crippen molar-refractivity contribution in [1.29, 1.82) is 0 Å². The average Bonchev–Trinajstić information content (AvgIpc) is 3.24. The van der Waals surface area contributed by atoms with E-state index in [4.69, 9.17) is 11.6 Å². The smallest absolute Gasteiger partial charge is 0.240 e. The number of halogens is 2. The van der Waals surface area contributed by atoms with Crippen LogP contribution >= 0.6 is 23.1 Å². The van der Waals surface area contributed by atoms with Gasteiger partial charge in [-0.2, -0.15) is 4.37 Å². The summed E-state index contributed by atoms with van der Waals surface area (Å²) < 4.78 is 44.6. The van der Waals surface area contributed by atoms with Gasteiger partial charge in [-0.05, 0) is 42.0 Å².